The monoisotopic (exact) mass is 397 g/mol. The third-order valence-electron chi connectivity index (χ3n) is 3.24. The van der Waals surface area contributed by atoms with E-state index in [1.165, 1.54) is 0 Å². The van der Waals surface area contributed by atoms with Crippen molar-refractivity contribution in [3.63, 3.8) is 0 Å². The molecule has 0 aliphatic rings. The van der Waals surface area contributed by atoms with E-state index >= 15 is 0 Å². The Morgan fingerprint density at radius 1 is 1.26 bits per heavy atom. The topological polar surface area (TPSA) is 47.6 Å². The molecule has 2 aromatic rings. The predicted octanol–water partition coefficient (Wildman–Crippen LogP) is 4.37. The minimum absolute atomic E-state index is 0.0523. The molecular weight excluding hydrogens is 382 g/mol. The minimum atomic E-state index is -0.195. The van der Waals surface area contributed by atoms with Gasteiger partial charge in [-0.15, -0.1) is 0 Å². The molecule has 0 aliphatic carbocycles. The third kappa shape index (κ3) is 5.15. The zero-order valence-electron chi connectivity index (χ0n) is 12.8. The summed E-state index contributed by atoms with van der Waals surface area (Å²) in [5, 5.41) is 3.52. The number of hydrogen-bond donors (Lipinski definition) is 1. The van der Waals surface area contributed by atoms with Gasteiger partial charge in [0.2, 0.25) is 0 Å². The van der Waals surface area contributed by atoms with E-state index in [-0.39, 0.29) is 18.6 Å². The van der Waals surface area contributed by atoms with Crippen LogP contribution in [0.2, 0.25) is 5.02 Å². The Labute approximate surface area is 148 Å². The summed E-state index contributed by atoms with van der Waals surface area (Å²) in [6.07, 6.45) is 0. The summed E-state index contributed by atoms with van der Waals surface area (Å²) < 4.78 is 11.5. The van der Waals surface area contributed by atoms with Crippen LogP contribution in [0.5, 0.6) is 11.5 Å². The number of carbonyl (C=O) groups is 1. The minimum Gasteiger partial charge on any atom is -0.496 e. The van der Waals surface area contributed by atoms with E-state index < -0.39 is 0 Å². The SMILES string of the molecule is COc1ccc([C@@H](C)NC(=O)COc2ccc(Cl)cc2)cc1Br. The quantitative estimate of drug-likeness (QED) is 0.786. The van der Waals surface area contributed by atoms with Crippen LogP contribution in [0.15, 0.2) is 46.9 Å². The molecule has 0 bridgehead atoms. The molecule has 0 aromatic heterocycles. The molecule has 0 saturated carbocycles. The molecule has 1 atom stereocenters. The average molecular weight is 399 g/mol. The number of nitrogens with one attached hydrogen (secondary N) is 1. The van der Waals surface area contributed by atoms with Crippen molar-refractivity contribution in [3.8, 4) is 11.5 Å². The van der Waals surface area contributed by atoms with Gasteiger partial charge in [-0.25, -0.2) is 0 Å². The van der Waals surface area contributed by atoms with Gasteiger partial charge in [0, 0.05) is 5.02 Å². The molecule has 2 aromatic carbocycles. The average Bonchev–Trinajstić information content (AvgIpc) is 2.54. The highest BCUT2D eigenvalue weighted by atomic mass is 79.9. The molecule has 2 rings (SSSR count). The first-order valence-electron chi connectivity index (χ1n) is 7.00. The highest BCUT2D eigenvalue weighted by Gasteiger charge is 2.12. The summed E-state index contributed by atoms with van der Waals surface area (Å²) in [5.41, 5.74) is 0.970. The van der Waals surface area contributed by atoms with Crippen LogP contribution in [0.25, 0.3) is 0 Å². The summed E-state index contributed by atoms with van der Waals surface area (Å²) in [4.78, 5) is 12.0. The van der Waals surface area contributed by atoms with Crippen molar-refractivity contribution in [3.05, 3.63) is 57.5 Å². The van der Waals surface area contributed by atoms with Crippen LogP contribution in [-0.4, -0.2) is 19.6 Å². The van der Waals surface area contributed by atoms with Gasteiger partial charge in [-0.2, -0.15) is 0 Å². The van der Waals surface area contributed by atoms with Crippen molar-refractivity contribution >= 4 is 33.4 Å². The zero-order chi connectivity index (χ0) is 16.8. The Hall–Kier alpha value is -1.72. The maximum absolute atomic E-state index is 12.0. The number of halogens is 2. The smallest absolute Gasteiger partial charge is 0.258 e. The van der Waals surface area contributed by atoms with Crippen molar-refractivity contribution in [2.45, 2.75) is 13.0 Å². The lowest BCUT2D eigenvalue weighted by molar-refractivity contribution is -0.123. The molecule has 6 heteroatoms. The van der Waals surface area contributed by atoms with Gasteiger partial charge < -0.3 is 14.8 Å². The van der Waals surface area contributed by atoms with E-state index in [9.17, 15) is 4.79 Å². The molecule has 1 N–H and O–H groups in total. The van der Waals surface area contributed by atoms with Gasteiger partial charge in [-0.05, 0) is 64.8 Å². The standard InChI is InChI=1S/C17H17BrClNO3/c1-11(12-3-8-16(22-2)15(18)9-12)20-17(21)10-23-14-6-4-13(19)5-7-14/h3-9,11H,10H2,1-2H3,(H,20,21)/t11-/m1/s1. The molecule has 0 radical (unpaired) electrons. The Kier molecular flexibility index (Phi) is 6.30. The molecule has 0 saturated heterocycles. The van der Waals surface area contributed by atoms with Gasteiger partial charge in [-0.3, -0.25) is 4.79 Å². The Morgan fingerprint density at radius 3 is 2.57 bits per heavy atom. The lowest BCUT2D eigenvalue weighted by atomic mass is 10.1. The maximum Gasteiger partial charge on any atom is 0.258 e. The van der Waals surface area contributed by atoms with Crippen LogP contribution in [0.4, 0.5) is 0 Å². The van der Waals surface area contributed by atoms with Gasteiger partial charge >= 0.3 is 0 Å². The first-order chi connectivity index (χ1) is 11.0. The van der Waals surface area contributed by atoms with Gasteiger partial charge in [0.15, 0.2) is 6.61 Å². The van der Waals surface area contributed by atoms with Crippen LogP contribution in [-0.2, 0) is 4.79 Å². The van der Waals surface area contributed by atoms with Crippen LogP contribution in [0, 0.1) is 0 Å². The summed E-state index contributed by atoms with van der Waals surface area (Å²) >= 11 is 9.23. The van der Waals surface area contributed by atoms with Gasteiger partial charge in [0.05, 0.1) is 17.6 Å². The summed E-state index contributed by atoms with van der Waals surface area (Å²) in [6, 6.07) is 12.4. The van der Waals surface area contributed by atoms with Gasteiger partial charge in [-0.1, -0.05) is 17.7 Å². The van der Waals surface area contributed by atoms with Gasteiger partial charge in [0.25, 0.3) is 5.91 Å². The molecular formula is C17H17BrClNO3. The van der Waals surface area contributed by atoms with Gasteiger partial charge in [0.1, 0.15) is 11.5 Å². The van der Waals surface area contributed by atoms with E-state index in [1.807, 2.05) is 25.1 Å². The van der Waals surface area contributed by atoms with Crippen molar-refractivity contribution in [2.75, 3.05) is 13.7 Å². The van der Waals surface area contributed by atoms with Crippen molar-refractivity contribution in [2.24, 2.45) is 0 Å². The Bertz CT molecular complexity index is 676. The van der Waals surface area contributed by atoms with E-state index in [2.05, 4.69) is 21.2 Å². The number of carbonyl (C=O) groups excluding carboxylic acids is 1. The normalized spacial score (nSPS) is 11.7. The van der Waals surface area contributed by atoms with Crippen LogP contribution in [0.3, 0.4) is 0 Å². The number of ether oxygens (including phenoxy) is 2. The molecule has 1 amide bonds. The van der Waals surface area contributed by atoms with E-state index in [0.29, 0.717) is 10.8 Å². The van der Waals surface area contributed by atoms with E-state index in [0.717, 1.165) is 15.8 Å². The van der Waals surface area contributed by atoms with Crippen LogP contribution in [0.1, 0.15) is 18.5 Å². The molecule has 122 valence electrons. The number of hydrogen-bond acceptors (Lipinski definition) is 3. The van der Waals surface area contributed by atoms with E-state index in [4.69, 9.17) is 21.1 Å². The fourth-order valence-corrected chi connectivity index (χ4v) is 2.68. The second-order valence-electron chi connectivity index (χ2n) is 4.93. The Morgan fingerprint density at radius 2 is 1.96 bits per heavy atom. The second-order valence-corrected chi connectivity index (χ2v) is 6.22. The zero-order valence-corrected chi connectivity index (χ0v) is 15.1. The lowest BCUT2D eigenvalue weighted by Gasteiger charge is -2.16. The van der Waals surface area contributed by atoms with Crippen molar-refractivity contribution in [1.82, 2.24) is 5.32 Å². The van der Waals surface area contributed by atoms with Crippen LogP contribution < -0.4 is 14.8 Å². The van der Waals surface area contributed by atoms with Crippen LogP contribution >= 0.6 is 27.5 Å². The first kappa shape index (κ1) is 17.6. The summed E-state index contributed by atoms with van der Waals surface area (Å²) in [6.45, 7) is 1.86. The fraction of sp³-hybridized carbons (Fsp3) is 0.235. The summed E-state index contributed by atoms with van der Waals surface area (Å²) in [5.74, 6) is 1.15. The fourth-order valence-electron chi connectivity index (χ4n) is 2.00. The Balaban J connectivity index is 1.89. The molecule has 0 fully saturated rings. The molecule has 0 aliphatic heterocycles. The molecule has 23 heavy (non-hydrogen) atoms. The number of benzene rings is 2. The second kappa shape index (κ2) is 8.22. The highest BCUT2D eigenvalue weighted by molar-refractivity contribution is 9.10. The van der Waals surface area contributed by atoms with E-state index in [1.54, 1.807) is 31.4 Å². The number of amides is 1. The predicted molar refractivity (Wildman–Crippen MR) is 94.2 cm³/mol. The molecule has 4 nitrogen and oxygen atoms in total. The molecule has 0 unspecified atom stereocenters. The third-order valence-corrected chi connectivity index (χ3v) is 4.11. The van der Waals surface area contributed by atoms with Crippen molar-refractivity contribution in [1.29, 1.82) is 0 Å². The lowest BCUT2D eigenvalue weighted by Crippen LogP contribution is -2.31. The van der Waals surface area contributed by atoms with Crippen molar-refractivity contribution < 1.29 is 14.3 Å². The highest BCUT2D eigenvalue weighted by Crippen LogP contribution is 2.27. The molecule has 0 spiro atoms. The number of rotatable bonds is 6. The molecule has 0 heterocycles. The first-order valence-corrected chi connectivity index (χ1v) is 8.18. The largest absolute Gasteiger partial charge is 0.496 e. The number of methoxy groups -OCH3 is 1. The summed E-state index contributed by atoms with van der Waals surface area (Å²) in [7, 11) is 1.61. The maximum atomic E-state index is 12.0.